The molecule has 1 atom stereocenters. The Morgan fingerprint density at radius 3 is 2.55 bits per heavy atom. The number of hydrogen-bond acceptors (Lipinski definition) is 8. The van der Waals surface area contributed by atoms with E-state index in [0.717, 1.165) is 21.3 Å². The molecule has 3 aromatic heterocycles. The van der Waals surface area contributed by atoms with Gasteiger partial charge in [0.1, 0.15) is 26.0 Å². The fourth-order valence-electron chi connectivity index (χ4n) is 4.21. The van der Waals surface area contributed by atoms with E-state index in [-0.39, 0.29) is 43.5 Å². The maximum atomic E-state index is 13.0. The first kappa shape index (κ1) is 29.0. The van der Waals surface area contributed by atoms with Gasteiger partial charge in [0.15, 0.2) is 11.2 Å². The van der Waals surface area contributed by atoms with Crippen LogP contribution < -0.4 is 10.9 Å². The van der Waals surface area contributed by atoms with Crippen LogP contribution >= 0.6 is 15.9 Å². The minimum absolute atomic E-state index is 0.0363. The van der Waals surface area contributed by atoms with Crippen molar-refractivity contribution >= 4 is 44.9 Å². The van der Waals surface area contributed by atoms with Gasteiger partial charge >= 0.3 is 12.1 Å². The zero-order valence-electron chi connectivity index (χ0n) is 23.0. The van der Waals surface area contributed by atoms with Crippen molar-refractivity contribution in [3.63, 3.8) is 0 Å². The Kier molecular flexibility index (Phi) is 8.98. The summed E-state index contributed by atoms with van der Waals surface area (Å²) in [5, 5.41) is 2.57. The second-order valence-electron chi connectivity index (χ2n) is 9.80. The number of H-pyrrole nitrogens is 1. The van der Waals surface area contributed by atoms with Crippen LogP contribution in [0, 0.1) is 5.92 Å². The van der Waals surface area contributed by atoms with E-state index in [4.69, 9.17) is 14.2 Å². The number of imidazole rings is 2. The largest absolute Gasteiger partial charge is 0.462 e. The number of hydrogen-bond donors (Lipinski definition) is 2. The van der Waals surface area contributed by atoms with Gasteiger partial charge < -0.3 is 24.5 Å². The molecule has 0 saturated carbocycles. The van der Waals surface area contributed by atoms with E-state index in [9.17, 15) is 14.4 Å². The molecule has 2 N–H and O–H groups in total. The second-order valence-corrected chi connectivity index (χ2v) is 10.7. The van der Waals surface area contributed by atoms with Crippen molar-refractivity contribution in [2.75, 3.05) is 13.2 Å². The van der Waals surface area contributed by atoms with Crippen LogP contribution in [0.1, 0.15) is 19.4 Å². The summed E-state index contributed by atoms with van der Waals surface area (Å²) in [4.78, 5) is 49.9. The number of halogens is 1. The summed E-state index contributed by atoms with van der Waals surface area (Å²) in [6.07, 6.45) is 2.46. The Bertz CT molecular complexity index is 1750. The number of ether oxygens (including phenoxy) is 3. The zero-order chi connectivity index (χ0) is 29.6. The van der Waals surface area contributed by atoms with Crippen LogP contribution in [-0.4, -0.2) is 55.2 Å². The third kappa shape index (κ3) is 6.69. The Balaban J connectivity index is 1.14. The highest BCUT2D eigenvalue weighted by molar-refractivity contribution is 9.10. The molecular weight excluding hydrogens is 608 g/mol. The highest BCUT2D eigenvalue weighted by Gasteiger charge is 2.26. The zero-order valence-corrected chi connectivity index (χ0v) is 24.5. The first-order valence-electron chi connectivity index (χ1n) is 13.2. The monoisotopic (exact) mass is 636 g/mol. The average molecular weight is 637 g/mol. The molecule has 218 valence electrons. The number of benzene rings is 2. The van der Waals surface area contributed by atoms with E-state index in [2.05, 4.69) is 36.2 Å². The van der Waals surface area contributed by atoms with Crippen LogP contribution in [0.3, 0.4) is 0 Å². The topological polar surface area (TPSA) is 142 Å². The first-order chi connectivity index (χ1) is 20.3. The van der Waals surface area contributed by atoms with E-state index in [1.807, 2.05) is 54.6 Å². The van der Waals surface area contributed by atoms with Crippen LogP contribution in [0.2, 0.25) is 0 Å². The molecule has 0 unspecified atom stereocenters. The van der Waals surface area contributed by atoms with Gasteiger partial charge in [0, 0.05) is 10.7 Å². The van der Waals surface area contributed by atoms with Crippen LogP contribution in [0.5, 0.6) is 0 Å². The van der Waals surface area contributed by atoms with Crippen molar-refractivity contribution in [3.05, 3.63) is 87.5 Å². The summed E-state index contributed by atoms with van der Waals surface area (Å²) in [6.45, 7) is 3.75. The molecule has 0 saturated heterocycles. The number of aromatic amines is 1. The molecule has 3 heterocycles. The lowest BCUT2D eigenvalue weighted by atomic mass is 10.1. The lowest BCUT2D eigenvalue weighted by molar-refractivity contribution is -0.149. The van der Waals surface area contributed by atoms with Crippen molar-refractivity contribution in [2.45, 2.75) is 33.2 Å². The van der Waals surface area contributed by atoms with Gasteiger partial charge in [-0.05, 0) is 29.2 Å². The normalized spacial score (nSPS) is 12.1. The molecule has 13 heteroatoms. The van der Waals surface area contributed by atoms with Crippen molar-refractivity contribution < 1.29 is 23.8 Å². The molecule has 1 amide bonds. The molecule has 2 aromatic carbocycles. The molecule has 42 heavy (non-hydrogen) atoms. The second kappa shape index (κ2) is 13.0. The third-order valence-corrected chi connectivity index (χ3v) is 6.97. The summed E-state index contributed by atoms with van der Waals surface area (Å²) in [7, 11) is 0. The summed E-state index contributed by atoms with van der Waals surface area (Å²) in [6, 6.07) is 16.0. The van der Waals surface area contributed by atoms with Gasteiger partial charge in [-0.1, -0.05) is 72.2 Å². The maximum absolute atomic E-state index is 13.0. The predicted octanol–water partition coefficient (Wildman–Crippen LogP) is 4.27. The van der Waals surface area contributed by atoms with Crippen molar-refractivity contribution in [2.24, 2.45) is 5.92 Å². The molecule has 12 nitrogen and oxygen atoms in total. The number of aromatic nitrogens is 5. The Hall–Kier alpha value is -4.49. The number of fused-ring (bicyclic) bond motifs is 2. The molecule has 0 aliphatic heterocycles. The van der Waals surface area contributed by atoms with E-state index in [1.54, 1.807) is 24.6 Å². The number of nitrogens with zero attached hydrogens (tertiary/aromatic N) is 4. The van der Waals surface area contributed by atoms with Gasteiger partial charge in [-0.15, -0.1) is 0 Å². The minimum Gasteiger partial charge on any atom is -0.462 e. The van der Waals surface area contributed by atoms with Crippen LogP contribution in [0.15, 0.2) is 76.4 Å². The van der Waals surface area contributed by atoms with Crippen LogP contribution in [0.25, 0.3) is 28.2 Å². The minimum atomic E-state index is -0.881. The number of rotatable bonds is 11. The Morgan fingerprint density at radius 2 is 1.81 bits per heavy atom. The fourth-order valence-corrected chi connectivity index (χ4v) is 4.48. The maximum Gasteiger partial charge on any atom is 0.408 e. The summed E-state index contributed by atoms with van der Waals surface area (Å²) >= 11 is 3.42. The number of amides is 1. The molecule has 0 aliphatic carbocycles. The number of carbonyl (C=O) groups is 2. The molecule has 0 bridgehead atoms. The van der Waals surface area contributed by atoms with Crippen molar-refractivity contribution in [1.82, 2.24) is 29.2 Å². The highest BCUT2D eigenvalue weighted by atomic mass is 79.9. The molecule has 0 spiro atoms. The van der Waals surface area contributed by atoms with Crippen LogP contribution in [0.4, 0.5) is 4.79 Å². The quantitative estimate of drug-likeness (QED) is 0.162. The standard InChI is InChI=1S/C29H29BrN6O6/c1-18(2)23(33-29(39)42-15-19-6-4-3-5-7-19)27(38)41-13-12-40-17-35-16-31-24-25(35)34-28-32-22(14-36(28)26(24)37)20-8-10-21(30)11-9-20/h3-11,14,16,18,23H,12-13,15,17H2,1-2H3,(H,32,34)(H,33,39)/t23-/m1/s1. The van der Waals surface area contributed by atoms with Gasteiger partial charge in [0.25, 0.3) is 5.56 Å². The molecule has 5 rings (SSSR count). The number of alkyl carbamates (subject to hydrolysis) is 1. The summed E-state index contributed by atoms with van der Waals surface area (Å²) in [5.74, 6) is -0.446. The third-order valence-electron chi connectivity index (χ3n) is 6.44. The summed E-state index contributed by atoms with van der Waals surface area (Å²) in [5.41, 5.74) is 2.73. The lowest BCUT2D eigenvalue weighted by Crippen LogP contribution is -2.45. The molecule has 0 aliphatic rings. The van der Waals surface area contributed by atoms with Gasteiger partial charge in [-0.2, -0.15) is 4.98 Å². The van der Waals surface area contributed by atoms with E-state index < -0.39 is 18.1 Å². The van der Waals surface area contributed by atoms with E-state index in [0.29, 0.717) is 11.4 Å². The molecule has 0 radical (unpaired) electrons. The number of nitrogens with one attached hydrogen (secondary N) is 2. The lowest BCUT2D eigenvalue weighted by Gasteiger charge is -2.20. The highest BCUT2D eigenvalue weighted by Crippen LogP contribution is 2.21. The van der Waals surface area contributed by atoms with Gasteiger partial charge in [-0.25, -0.2) is 19.0 Å². The van der Waals surface area contributed by atoms with E-state index in [1.165, 1.54) is 10.7 Å². The van der Waals surface area contributed by atoms with E-state index >= 15 is 0 Å². The van der Waals surface area contributed by atoms with Crippen molar-refractivity contribution in [3.8, 4) is 11.3 Å². The SMILES string of the molecule is CC(C)[C@@H](NC(=O)OCc1ccccc1)C(=O)OCCOCn1cnc2c(=O)n3cc(-c4ccc(Br)cc4)[nH]c3nc21. The first-order valence-corrected chi connectivity index (χ1v) is 14.0. The Morgan fingerprint density at radius 1 is 1.05 bits per heavy atom. The average Bonchev–Trinajstić information content (AvgIpc) is 3.60. The Labute approximate surface area is 248 Å². The van der Waals surface area contributed by atoms with Crippen molar-refractivity contribution in [1.29, 1.82) is 0 Å². The van der Waals surface area contributed by atoms with Crippen LogP contribution in [-0.2, 0) is 32.3 Å². The predicted molar refractivity (Wildman–Crippen MR) is 158 cm³/mol. The number of esters is 1. The van der Waals surface area contributed by atoms with Gasteiger partial charge in [0.05, 0.1) is 18.6 Å². The molecule has 5 aromatic rings. The summed E-state index contributed by atoms with van der Waals surface area (Å²) < 4.78 is 20.2. The number of carbonyl (C=O) groups excluding carboxylic acids is 2. The van der Waals surface area contributed by atoms with Gasteiger partial charge in [-0.3, -0.25) is 9.36 Å². The fraction of sp³-hybridized carbons (Fsp3) is 0.276. The molecule has 0 fully saturated rings. The smallest absolute Gasteiger partial charge is 0.408 e. The molecular formula is C29H29BrN6O6. The van der Waals surface area contributed by atoms with Gasteiger partial charge in [0.2, 0.25) is 5.78 Å².